The lowest BCUT2D eigenvalue weighted by atomic mass is 10.0. The maximum absolute atomic E-state index is 12.3. The second-order valence-corrected chi connectivity index (χ2v) is 7.73. The highest BCUT2D eigenvalue weighted by atomic mass is 32.2. The fourth-order valence-electron chi connectivity index (χ4n) is 2.69. The minimum atomic E-state index is -3.19. The number of nitrogens with one attached hydrogen (secondary N) is 1. The first-order valence-electron chi connectivity index (χ1n) is 7.10. The van der Waals surface area contributed by atoms with Gasteiger partial charge in [0, 0.05) is 24.7 Å². The number of hydrogen-bond acceptors (Lipinski definition) is 3. The average molecular weight is 310 g/mol. The first kappa shape index (κ1) is 16.0. The predicted octanol–water partition coefficient (Wildman–Crippen LogP) is 1.46. The van der Waals surface area contributed by atoms with Gasteiger partial charge in [-0.25, -0.2) is 12.7 Å². The van der Waals surface area contributed by atoms with Gasteiger partial charge in [0.1, 0.15) is 0 Å². The van der Waals surface area contributed by atoms with Gasteiger partial charge in [0.05, 0.1) is 6.26 Å². The number of amides is 1. The van der Waals surface area contributed by atoms with Gasteiger partial charge in [-0.1, -0.05) is 17.7 Å². The summed E-state index contributed by atoms with van der Waals surface area (Å²) in [5, 5.41) is 2.95. The van der Waals surface area contributed by atoms with Crippen LogP contribution >= 0.6 is 0 Å². The number of piperidine rings is 1. The van der Waals surface area contributed by atoms with E-state index in [1.54, 1.807) is 0 Å². The highest BCUT2D eigenvalue weighted by molar-refractivity contribution is 7.88. The molecule has 1 aliphatic heterocycles. The minimum Gasteiger partial charge on any atom is -0.348 e. The Labute approximate surface area is 126 Å². The van der Waals surface area contributed by atoms with E-state index < -0.39 is 10.0 Å². The highest BCUT2D eigenvalue weighted by Crippen LogP contribution is 2.15. The fraction of sp³-hybridized carbons (Fsp3) is 0.533. The van der Waals surface area contributed by atoms with Crippen LogP contribution in [-0.2, 0) is 10.0 Å². The molecule has 0 spiro atoms. The van der Waals surface area contributed by atoms with Gasteiger partial charge < -0.3 is 5.32 Å². The molecule has 1 heterocycles. The molecule has 1 fully saturated rings. The largest absolute Gasteiger partial charge is 0.348 e. The van der Waals surface area contributed by atoms with Gasteiger partial charge in [0.15, 0.2) is 0 Å². The molecule has 6 heteroatoms. The third kappa shape index (κ3) is 4.04. The van der Waals surface area contributed by atoms with E-state index in [2.05, 4.69) is 5.32 Å². The second-order valence-electron chi connectivity index (χ2n) is 5.75. The molecule has 1 saturated heterocycles. The standard InChI is InChI=1S/C15H22N2O3S/c1-11-6-7-14(12(2)9-11)15(18)16-13-5-4-8-17(10-13)21(3,19)20/h6-7,9,13H,4-5,8,10H2,1-3H3,(H,16,18). The maximum Gasteiger partial charge on any atom is 0.251 e. The molecule has 5 nitrogen and oxygen atoms in total. The molecule has 1 aliphatic rings. The van der Waals surface area contributed by atoms with Crippen molar-refractivity contribution in [2.45, 2.75) is 32.7 Å². The van der Waals surface area contributed by atoms with Crippen LogP contribution in [0.4, 0.5) is 0 Å². The normalized spacial score (nSPS) is 20.2. The Hall–Kier alpha value is -1.40. The van der Waals surface area contributed by atoms with Crippen LogP contribution in [0.15, 0.2) is 18.2 Å². The Morgan fingerprint density at radius 3 is 2.67 bits per heavy atom. The number of benzene rings is 1. The lowest BCUT2D eigenvalue weighted by molar-refractivity contribution is 0.0921. The smallest absolute Gasteiger partial charge is 0.251 e. The average Bonchev–Trinajstić information content (AvgIpc) is 2.37. The molecule has 1 atom stereocenters. The Kier molecular flexibility index (Phi) is 4.68. The van der Waals surface area contributed by atoms with Crippen LogP contribution in [0.2, 0.25) is 0 Å². The van der Waals surface area contributed by atoms with Crippen molar-refractivity contribution in [3.05, 3.63) is 34.9 Å². The molecule has 1 amide bonds. The third-order valence-electron chi connectivity index (χ3n) is 3.81. The summed E-state index contributed by atoms with van der Waals surface area (Å²) in [4.78, 5) is 12.3. The van der Waals surface area contributed by atoms with Gasteiger partial charge in [-0.05, 0) is 38.3 Å². The van der Waals surface area contributed by atoms with Crippen molar-refractivity contribution >= 4 is 15.9 Å². The molecule has 1 N–H and O–H groups in total. The Morgan fingerprint density at radius 1 is 1.33 bits per heavy atom. The summed E-state index contributed by atoms with van der Waals surface area (Å²) in [5.41, 5.74) is 2.70. The van der Waals surface area contributed by atoms with Crippen molar-refractivity contribution in [1.82, 2.24) is 9.62 Å². The minimum absolute atomic E-state index is 0.123. The first-order chi connectivity index (χ1) is 9.77. The van der Waals surface area contributed by atoms with E-state index in [4.69, 9.17) is 0 Å². The summed E-state index contributed by atoms with van der Waals surface area (Å²) in [5.74, 6) is -0.132. The number of aryl methyl sites for hydroxylation is 2. The van der Waals surface area contributed by atoms with Crippen molar-refractivity contribution < 1.29 is 13.2 Å². The van der Waals surface area contributed by atoms with Gasteiger partial charge in [-0.15, -0.1) is 0 Å². The monoisotopic (exact) mass is 310 g/mol. The number of sulfonamides is 1. The van der Waals surface area contributed by atoms with Crippen LogP contribution < -0.4 is 5.32 Å². The summed E-state index contributed by atoms with van der Waals surface area (Å²) in [6, 6.07) is 5.57. The Balaban J connectivity index is 2.05. The quantitative estimate of drug-likeness (QED) is 0.919. The lowest BCUT2D eigenvalue weighted by Crippen LogP contribution is -2.49. The van der Waals surface area contributed by atoms with Gasteiger partial charge in [-0.2, -0.15) is 0 Å². The molecule has 0 saturated carbocycles. The van der Waals surface area contributed by atoms with Gasteiger partial charge in [-0.3, -0.25) is 4.79 Å². The zero-order valence-corrected chi connectivity index (χ0v) is 13.5. The van der Waals surface area contributed by atoms with E-state index in [1.807, 2.05) is 32.0 Å². The van der Waals surface area contributed by atoms with Crippen LogP contribution in [0, 0.1) is 13.8 Å². The highest BCUT2D eigenvalue weighted by Gasteiger charge is 2.27. The molecule has 1 aromatic rings. The molecule has 0 bridgehead atoms. The molecule has 1 unspecified atom stereocenters. The molecule has 116 valence electrons. The van der Waals surface area contributed by atoms with E-state index in [-0.39, 0.29) is 11.9 Å². The molecule has 0 aromatic heterocycles. The zero-order chi connectivity index (χ0) is 15.6. The Bertz CT molecular complexity index is 640. The summed E-state index contributed by atoms with van der Waals surface area (Å²) in [6.07, 6.45) is 2.79. The molecule has 0 radical (unpaired) electrons. The number of carbonyl (C=O) groups is 1. The molecule has 2 rings (SSSR count). The number of carbonyl (C=O) groups excluding carboxylic acids is 1. The lowest BCUT2D eigenvalue weighted by Gasteiger charge is -2.31. The van der Waals surface area contributed by atoms with Crippen molar-refractivity contribution in [3.8, 4) is 0 Å². The van der Waals surface area contributed by atoms with E-state index >= 15 is 0 Å². The topological polar surface area (TPSA) is 66.5 Å². The summed E-state index contributed by atoms with van der Waals surface area (Å²) < 4.78 is 24.6. The molecular formula is C15H22N2O3S. The van der Waals surface area contributed by atoms with Crippen molar-refractivity contribution in [2.24, 2.45) is 0 Å². The molecule has 1 aromatic carbocycles. The molecule has 0 aliphatic carbocycles. The third-order valence-corrected chi connectivity index (χ3v) is 5.08. The summed E-state index contributed by atoms with van der Waals surface area (Å²) in [6.45, 7) is 4.79. The van der Waals surface area contributed by atoms with E-state index in [0.717, 1.165) is 24.0 Å². The second kappa shape index (κ2) is 6.15. The van der Waals surface area contributed by atoms with Gasteiger partial charge >= 0.3 is 0 Å². The van der Waals surface area contributed by atoms with Gasteiger partial charge in [0.2, 0.25) is 10.0 Å². The van der Waals surface area contributed by atoms with Crippen LogP contribution in [-0.4, -0.2) is 44.0 Å². The molecular weight excluding hydrogens is 288 g/mol. The SMILES string of the molecule is Cc1ccc(C(=O)NC2CCCN(S(C)(=O)=O)C2)c(C)c1. The fourth-order valence-corrected chi connectivity index (χ4v) is 3.60. The predicted molar refractivity (Wildman–Crippen MR) is 82.8 cm³/mol. The van der Waals surface area contributed by atoms with Crippen molar-refractivity contribution in [1.29, 1.82) is 0 Å². The maximum atomic E-state index is 12.3. The molecule has 21 heavy (non-hydrogen) atoms. The van der Waals surface area contributed by atoms with Crippen molar-refractivity contribution in [2.75, 3.05) is 19.3 Å². The first-order valence-corrected chi connectivity index (χ1v) is 8.95. The summed E-state index contributed by atoms with van der Waals surface area (Å²) in [7, 11) is -3.19. The van der Waals surface area contributed by atoms with Crippen LogP contribution in [0.25, 0.3) is 0 Å². The summed E-state index contributed by atoms with van der Waals surface area (Å²) >= 11 is 0. The zero-order valence-electron chi connectivity index (χ0n) is 12.7. The van der Waals surface area contributed by atoms with Crippen LogP contribution in [0.1, 0.15) is 34.3 Å². The van der Waals surface area contributed by atoms with Crippen LogP contribution in [0.5, 0.6) is 0 Å². The van der Waals surface area contributed by atoms with Gasteiger partial charge in [0.25, 0.3) is 5.91 Å². The number of hydrogen-bond donors (Lipinski definition) is 1. The Morgan fingerprint density at radius 2 is 2.05 bits per heavy atom. The van der Waals surface area contributed by atoms with Crippen LogP contribution in [0.3, 0.4) is 0 Å². The van der Waals surface area contributed by atoms with E-state index in [1.165, 1.54) is 10.6 Å². The van der Waals surface area contributed by atoms with E-state index in [0.29, 0.717) is 18.7 Å². The number of nitrogens with zero attached hydrogens (tertiary/aromatic N) is 1. The van der Waals surface area contributed by atoms with Crippen molar-refractivity contribution in [3.63, 3.8) is 0 Å². The number of rotatable bonds is 3. The van der Waals surface area contributed by atoms with E-state index in [9.17, 15) is 13.2 Å².